The number of morpholine rings is 1. The SMILES string of the molecule is COCC1C[N]C(C)CO1. The maximum absolute atomic E-state index is 5.41. The zero-order valence-corrected chi connectivity index (χ0v) is 6.54. The van der Waals surface area contributed by atoms with E-state index in [0.29, 0.717) is 12.6 Å². The van der Waals surface area contributed by atoms with Gasteiger partial charge in [0.25, 0.3) is 0 Å². The third-order valence-electron chi connectivity index (χ3n) is 1.55. The number of nitrogens with zero attached hydrogens (tertiary/aromatic N) is 1. The number of hydrogen-bond donors (Lipinski definition) is 0. The molecule has 1 aliphatic heterocycles. The van der Waals surface area contributed by atoms with Crippen molar-refractivity contribution >= 4 is 0 Å². The van der Waals surface area contributed by atoms with Crippen LogP contribution in [-0.2, 0) is 9.47 Å². The number of hydrogen-bond acceptors (Lipinski definition) is 2. The summed E-state index contributed by atoms with van der Waals surface area (Å²) in [6.07, 6.45) is 0.196. The number of ether oxygens (including phenoxy) is 2. The van der Waals surface area contributed by atoms with E-state index in [2.05, 4.69) is 12.2 Å². The van der Waals surface area contributed by atoms with Gasteiger partial charge in [-0.15, -0.1) is 0 Å². The molecule has 0 saturated carbocycles. The summed E-state index contributed by atoms with van der Waals surface area (Å²) in [4.78, 5) is 0. The van der Waals surface area contributed by atoms with Crippen LogP contribution in [0.4, 0.5) is 0 Å². The van der Waals surface area contributed by atoms with Gasteiger partial charge in [-0.1, -0.05) is 0 Å². The Balaban J connectivity index is 2.13. The van der Waals surface area contributed by atoms with Gasteiger partial charge in [-0.25, -0.2) is 5.32 Å². The van der Waals surface area contributed by atoms with Crippen molar-refractivity contribution in [3.8, 4) is 0 Å². The first kappa shape index (κ1) is 7.98. The first-order valence-corrected chi connectivity index (χ1v) is 3.60. The van der Waals surface area contributed by atoms with Crippen molar-refractivity contribution in [1.29, 1.82) is 0 Å². The molecule has 1 fully saturated rings. The van der Waals surface area contributed by atoms with E-state index in [4.69, 9.17) is 9.47 Å². The molecular weight excluding hydrogens is 130 g/mol. The fourth-order valence-electron chi connectivity index (χ4n) is 0.965. The average Bonchev–Trinajstić information content (AvgIpc) is 1.95. The first-order valence-electron chi connectivity index (χ1n) is 3.60. The van der Waals surface area contributed by atoms with E-state index in [1.165, 1.54) is 0 Å². The Morgan fingerprint density at radius 2 is 2.50 bits per heavy atom. The molecule has 0 aromatic carbocycles. The molecule has 1 aliphatic rings. The highest BCUT2D eigenvalue weighted by molar-refractivity contribution is 4.71. The van der Waals surface area contributed by atoms with Crippen LogP contribution in [0.5, 0.6) is 0 Å². The molecule has 1 rings (SSSR count). The lowest BCUT2D eigenvalue weighted by molar-refractivity contribution is -0.0344. The van der Waals surface area contributed by atoms with Crippen LogP contribution >= 0.6 is 0 Å². The highest BCUT2D eigenvalue weighted by Gasteiger charge is 2.18. The molecule has 0 aliphatic carbocycles. The van der Waals surface area contributed by atoms with Crippen molar-refractivity contribution in [3.05, 3.63) is 0 Å². The van der Waals surface area contributed by atoms with E-state index in [1.54, 1.807) is 7.11 Å². The van der Waals surface area contributed by atoms with Crippen LogP contribution in [0.2, 0.25) is 0 Å². The second-order valence-electron chi connectivity index (χ2n) is 2.62. The van der Waals surface area contributed by atoms with Crippen molar-refractivity contribution in [2.24, 2.45) is 0 Å². The maximum Gasteiger partial charge on any atom is 0.0949 e. The van der Waals surface area contributed by atoms with Crippen molar-refractivity contribution in [3.63, 3.8) is 0 Å². The minimum absolute atomic E-state index is 0.196. The molecule has 0 amide bonds. The van der Waals surface area contributed by atoms with Gasteiger partial charge in [0, 0.05) is 19.7 Å². The summed E-state index contributed by atoms with van der Waals surface area (Å²) >= 11 is 0. The molecule has 2 unspecified atom stereocenters. The summed E-state index contributed by atoms with van der Waals surface area (Å²) in [5.74, 6) is 0. The Kier molecular flexibility index (Phi) is 3.12. The summed E-state index contributed by atoms with van der Waals surface area (Å²) < 4.78 is 10.3. The van der Waals surface area contributed by atoms with Gasteiger partial charge in [0.1, 0.15) is 0 Å². The quantitative estimate of drug-likeness (QED) is 0.547. The average molecular weight is 144 g/mol. The van der Waals surface area contributed by atoms with Gasteiger partial charge in [0.05, 0.1) is 19.3 Å². The van der Waals surface area contributed by atoms with Gasteiger partial charge in [-0.05, 0) is 6.92 Å². The number of methoxy groups -OCH3 is 1. The number of rotatable bonds is 2. The molecule has 10 heavy (non-hydrogen) atoms. The first-order chi connectivity index (χ1) is 4.83. The molecule has 0 aromatic heterocycles. The van der Waals surface area contributed by atoms with Crippen LogP contribution < -0.4 is 5.32 Å². The standard InChI is InChI=1S/C7H14NO2/c1-6-4-10-7(3-8-6)5-9-2/h6-7H,3-5H2,1-2H3. The zero-order chi connectivity index (χ0) is 7.40. The van der Waals surface area contributed by atoms with E-state index >= 15 is 0 Å². The van der Waals surface area contributed by atoms with Gasteiger partial charge < -0.3 is 9.47 Å². The largest absolute Gasteiger partial charge is 0.382 e. The molecule has 3 heteroatoms. The Morgan fingerprint density at radius 1 is 1.70 bits per heavy atom. The van der Waals surface area contributed by atoms with Gasteiger partial charge in [-0.2, -0.15) is 0 Å². The molecule has 1 saturated heterocycles. The van der Waals surface area contributed by atoms with Crippen molar-refractivity contribution < 1.29 is 9.47 Å². The van der Waals surface area contributed by atoms with Gasteiger partial charge in [0.2, 0.25) is 0 Å². The minimum Gasteiger partial charge on any atom is -0.382 e. The lowest BCUT2D eigenvalue weighted by Gasteiger charge is -2.25. The van der Waals surface area contributed by atoms with E-state index in [9.17, 15) is 0 Å². The predicted molar refractivity (Wildman–Crippen MR) is 38.1 cm³/mol. The Hall–Kier alpha value is -0.120. The summed E-state index contributed by atoms with van der Waals surface area (Å²) in [6.45, 7) is 4.25. The Morgan fingerprint density at radius 3 is 3.00 bits per heavy atom. The molecule has 1 heterocycles. The fraction of sp³-hybridized carbons (Fsp3) is 1.00. The fourth-order valence-corrected chi connectivity index (χ4v) is 0.965. The predicted octanol–water partition coefficient (Wildman–Crippen LogP) is 0.0245. The maximum atomic E-state index is 5.41. The molecule has 1 radical (unpaired) electrons. The van der Waals surface area contributed by atoms with Gasteiger partial charge >= 0.3 is 0 Å². The van der Waals surface area contributed by atoms with Gasteiger partial charge in [0.15, 0.2) is 0 Å². The Labute approximate surface area is 61.7 Å². The molecular formula is C7H14NO2. The van der Waals surface area contributed by atoms with Crippen LogP contribution in [0.3, 0.4) is 0 Å². The summed E-state index contributed by atoms with van der Waals surface area (Å²) in [5.41, 5.74) is 0. The van der Waals surface area contributed by atoms with E-state index in [0.717, 1.165) is 13.2 Å². The topological polar surface area (TPSA) is 32.6 Å². The van der Waals surface area contributed by atoms with Crippen LogP contribution in [0, 0.1) is 0 Å². The van der Waals surface area contributed by atoms with Crippen LogP contribution in [0.25, 0.3) is 0 Å². The highest BCUT2D eigenvalue weighted by Crippen LogP contribution is 2.01. The van der Waals surface area contributed by atoms with Crippen LogP contribution in [0.1, 0.15) is 6.92 Å². The summed E-state index contributed by atoms with van der Waals surface area (Å²) in [7, 11) is 1.68. The van der Waals surface area contributed by atoms with Crippen molar-refractivity contribution in [1.82, 2.24) is 5.32 Å². The summed E-state index contributed by atoms with van der Waals surface area (Å²) in [5, 5.41) is 4.32. The van der Waals surface area contributed by atoms with Crippen molar-refractivity contribution in [2.45, 2.75) is 19.1 Å². The normalized spacial score (nSPS) is 34.2. The van der Waals surface area contributed by atoms with Gasteiger partial charge in [-0.3, -0.25) is 0 Å². The second kappa shape index (κ2) is 3.91. The molecule has 0 bridgehead atoms. The Bertz CT molecular complexity index is 89.6. The van der Waals surface area contributed by atoms with Crippen molar-refractivity contribution in [2.75, 3.05) is 26.9 Å². The smallest absolute Gasteiger partial charge is 0.0949 e. The highest BCUT2D eigenvalue weighted by atomic mass is 16.5. The van der Waals surface area contributed by atoms with E-state index < -0.39 is 0 Å². The van der Waals surface area contributed by atoms with E-state index in [-0.39, 0.29) is 6.10 Å². The van der Waals surface area contributed by atoms with Crippen LogP contribution in [0.15, 0.2) is 0 Å². The lowest BCUT2D eigenvalue weighted by Crippen LogP contribution is -2.42. The molecule has 59 valence electrons. The second-order valence-corrected chi connectivity index (χ2v) is 2.62. The lowest BCUT2D eigenvalue weighted by atomic mass is 10.2. The van der Waals surface area contributed by atoms with Crippen LogP contribution in [-0.4, -0.2) is 39.0 Å². The zero-order valence-electron chi connectivity index (χ0n) is 6.54. The third-order valence-corrected chi connectivity index (χ3v) is 1.55. The molecule has 2 atom stereocenters. The molecule has 0 aromatic rings. The summed E-state index contributed by atoms with van der Waals surface area (Å²) in [6, 6.07) is 0.369. The third kappa shape index (κ3) is 2.25. The molecule has 0 N–H and O–H groups in total. The minimum atomic E-state index is 0.196. The molecule has 0 spiro atoms. The monoisotopic (exact) mass is 144 g/mol. The molecule has 3 nitrogen and oxygen atoms in total. The van der Waals surface area contributed by atoms with E-state index in [1.807, 2.05) is 0 Å².